The standard InChI is InChI=1S/C21H17BrN2O4S/c22-16-3-1-2-4-17(16)23-29(27,28)15-9-7-14(8-10-15)24-20(25)18-12-5-6-13(11-12)19(18)21(24)26/h1-10,12-13,23,25-26H,11H2/t12-,13?/m1/s1. The number of halogens is 1. The Morgan fingerprint density at radius 2 is 1.52 bits per heavy atom. The second-order valence-electron chi connectivity index (χ2n) is 7.22. The average Bonchev–Trinajstić information content (AvgIpc) is 3.38. The Morgan fingerprint density at radius 3 is 2.10 bits per heavy atom. The van der Waals surface area contributed by atoms with E-state index in [0.29, 0.717) is 15.8 Å². The Bertz CT molecular complexity index is 1230. The molecule has 2 bridgehead atoms. The molecular formula is C21H17BrN2O4S. The largest absolute Gasteiger partial charge is 0.494 e. The minimum absolute atomic E-state index is 0.0105. The number of allylic oxidation sites excluding steroid dienone is 2. The summed E-state index contributed by atoms with van der Waals surface area (Å²) in [6.07, 6.45) is 4.99. The van der Waals surface area contributed by atoms with Gasteiger partial charge in [-0.1, -0.05) is 24.3 Å². The Kier molecular flexibility index (Phi) is 4.04. The third-order valence-electron chi connectivity index (χ3n) is 5.54. The van der Waals surface area contributed by atoms with Crippen LogP contribution in [0, 0.1) is 0 Å². The molecule has 2 atom stereocenters. The first-order valence-corrected chi connectivity index (χ1v) is 11.4. The van der Waals surface area contributed by atoms with Crippen molar-refractivity contribution in [1.82, 2.24) is 4.57 Å². The lowest BCUT2D eigenvalue weighted by molar-refractivity contribution is 0.395. The van der Waals surface area contributed by atoms with Gasteiger partial charge < -0.3 is 10.2 Å². The third kappa shape index (κ3) is 2.78. The van der Waals surface area contributed by atoms with E-state index in [9.17, 15) is 18.6 Å². The number of hydrogen-bond acceptors (Lipinski definition) is 4. The smallest absolute Gasteiger partial charge is 0.261 e. The maximum absolute atomic E-state index is 12.7. The van der Waals surface area contributed by atoms with Crippen LogP contribution in [0.2, 0.25) is 0 Å². The van der Waals surface area contributed by atoms with Gasteiger partial charge in [0.1, 0.15) is 0 Å². The molecule has 8 heteroatoms. The van der Waals surface area contributed by atoms with Crippen molar-refractivity contribution < 1.29 is 18.6 Å². The maximum Gasteiger partial charge on any atom is 0.261 e. The Hall–Kier alpha value is -2.71. The van der Waals surface area contributed by atoms with Gasteiger partial charge in [-0.2, -0.15) is 0 Å². The SMILES string of the molecule is O=S(=O)(Nc1ccccc1Br)c1ccc(-n2c(O)c3c(c2O)[C@@H]2C=CC3C2)cc1. The van der Waals surface area contributed by atoms with Gasteiger partial charge in [0, 0.05) is 27.4 Å². The van der Waals surface area contributed by atoms with Crippen molar-refractivity contribution in [3.63, 3.8) is 0 Å². The van der Waals surface area contributed by atoms with Gasteiger partial charge in [0.2, 0.25) is 11.8 Å². The zero-order chi connectivity index (χ0) is 20.3. The lowest BCUT2D eigenvalue weighted by Gasteiger charge is -2.12. The van der Waals surface area contributed by atoms with Crippen LogP contribution in [0.4, 0.5) is 5.69 Å². The summed E-state index contributed by atoms with van der Waals surface area (Å²) < 4.78 is 30.0. The average molecular weight is 473 g/mol. The lowest BCUT2D eigenvalue weighted by Crippen LogP contribution is -2.13. The predicted octanol–water partition coefficient (Wildman–Crippen LogP) is 4.59. The molecular weight excluding hydrogens is 456 g/mol. The van der Waals surface area contributed by atoms with E-state index in [1.165, 1.54) is 16.7 Å². The fourth-order valence-corrected chi connectivity index (χ4v) is 5.80. The molecule has 0 aliphatic heterocycles. The number of aromatic hydroxyl groups is 2. The number of aromatic nitrogens is 1. The van der Waals surface area contributed by atoms with Gasteiger partial charge in [-0.05, 0) is 58.7 Å². The molecule has 0 amide bonds. The highest BCUT2D eigenvalue weighted by Gasteiger charge is 2.41. The molecule has 0 saturated heterocycles. The quantitative estimate of drug-likeness (QED) is 0.484. The van der Waals surface area contributed by atoms with E-state index < -0.39 is 10.0 Å². The number of fused-ring (bicyclic) bond motifs is 5. The van der Waals surface area contributed by atoms with Crippen LogP contribution in [-0.2, 0) is 10.0 Å². The Balaban J connectivity index is 1.48. The van der Waals surface area contributed by atoms with Gasteiger partial charge in [-0.3, -0.25) is 9.29 Å². The fraction of sp³-hybridized carbons (Fsp3) is 0.143. The molecule has 1 aromatic heterocycles. The summed E-state index contributed by atoms with van der Waals surface area (Å²) >= 11 is 3.32. The zero-order valence-electron chi connectivity index (χ0n) is 15.1. The number of rotatable bonds is 4. The van der Waals surface area contributed by atoms with Crippen molar-refractivity contribution in [2.45, 2.75) is 23.2 Å². The molecule has 2 aliphatic rings. The van der Waals surface area contributed by atoms with Gasteiger partial charge in [0.05, 0.1) is 16.3 Å². The molecule has 0 saturated carbocycles. The van der Waals surface area contributed by atoms with E-state index in [-0.39, 0.29) is 28.5 Å². The topological polar surface area (TPSA) is 91.6 Å². The number of anilines is 1. The van der Waals surface area contributed by atoms with Crippen LogP contribution in [0.25, 0.3) is 5.69 Å². The van der Waals surface area contributed by atoms with Crippen LogP contribution in [0.15, 0.2) is 70.1 Å². The first-order chi connectivity index (χ1) is 13.9. The molecule has 6 nitrogen and oxygen atoms in total. The van der Waals surface area contributed by atoms with Crippen LogP contribution in [-0.4, -0.2) is 23.2 Å². The van der Waals surface area contributed by atoms with Crippen LogP contribution < -0.4 is 4.72 Å². The second-order valence-corrected chi connectivity index (χ2v) is 9.76. The van der Waals surface area contributed by atoms with Gasteiger partial charge in [0.25, 0.3) is 10.0 Å². The highest BCUT2D eigenvalue weighted by Crippen LogP contribution is 2.57. The molecule has 3 N–H and O–H groups in total. The lowest BCUT2D eigenvalue weighted by atomic mass is 10.0. The van der Waals surface area contributed by atoms with Gasteiger partial charge in [-0.15, -0.1) is 0 Å². The third-order valence-corrected chi connectivity index (χ3v) is 7.62. The van der Waals surface area contributed by atoms with Crippen molar-refractivity contribution >= 4 is 31.6 Å². The summed E-state index contributed by atoms with van der Waals surface area (Å²) in [6.45, 7) is 0. The van der Waals surface area contributed by atoms with E-state index in [1.54, 1.807) is 36.4 Å². The Morgan fingerprint density at radius 1 is 0.931 bits per heavy atom. The van der Waals surface area contributed by atoms with Crippen LogP contribution in [0.5, 0.6) is 11.8 Å². The van der Waals surface area contributed by atoms with Gasteiger partial charge in [0.15, 0.2) is 0 Å². The molecule has 1 unspecified atom stereocenters. The van der Waals surface area contributed by atoms with Gasteiger partial charge in [-0.25, -0.2) is 8.42 Å². The number of benzene rings is 2. The summed E-state index contributed by atoms with van der Waals surface area (Å²) in [7, 11) is -3.78. The summed E-state index contributed by atoms with van der Waals surface area (Å²) in [5.41, 5.74) is 2.47. The molecule has 5 rings (SSSR count). The molecule has 29 heavy (non-hydrogen) atoms. The summed E-state index contributed by atoms with van der Waals surface area (Å²) in [4.78, 5) is 0.0809. The van der Waals surface area contributed by atoms with Crippen molar-refractivity contribution in [2.24, 2.45) is 0 Å². The molecule has 148 valence electrons. The monoisotopic (exact) mass is 472 g/mol. The molecule has 0 spiro atoms. The molecule has 2 aromatic carbocycles. The number of nitrogens with zero attached hydrogens (tertiary/aromatic N) is 1. The highest BCUT2D eigenvalue weighted by molar-refractivity contribution is 9.10. The van der Waals surface area contributed by atoms with Gasteiger partial charge >= 0.3 is 0 Å². The van der Waals surface area contributed by atoms with E-state index in [1.807, 2.05) is 0 Å². The fourth-order valence-electron chi connectivity index (χ4n) is 4.21. The first kappa shape index (κ1) is 18.3. The highest BCUT2D eigenvalue weighted by atomic mass is 79.9. The van der Waals surface area contributed by atoms with Crippen molar-refractivity contribution in [3.8, 4) is 17.4 Å². The predicted molar refractivity (Wildman–Crippen MR) is 113 cm³/mol. The summed E-state index contributed by atoms with van der Waals surface area (Å²) in [5, 5.41) is 21.4. The van der Waals surface area contributed by atoms with Crippen LogP contribution >= 0.6 is 15.9 Å². The van der Waals surface area contributed by atoms with Crippen molar-refractivity contribution in [1.29, 1.82) is 0 Å². The van der Waals surface area contributed by atoms with E-state index in [4.69, 9.17) is 0 Å². The minimum Gasteiger partial charge on any atom is -0.494 e. The molecule has 0 radical (unpaired) electrons. The molecule has 1 heterocycles. The Labute approximate surface area is 176 Å². The number of hydrogen-bond donors (Lipinski definition) is 3. The number of para-hydroxylation sites is 1. The normalized spacial score (nSPS) is 19.5. The minimum atomic E-state index is -3.78. The first-order valence-electron chi connectivity index (χ1n) is 9.09. The summed E-state index contributed by atoms with van der Waals surface area (Å²) in [6, 6.07) is 13.0. The van der Waals surface area contributed by atoms with Crippen molar-refractivity contribution in [2.75, 3.05) is 4.72 Å². The maximum atomic E-state index is 12.7. The van der Waals surface area contributed by atoms with Crippen LogP contribution in [0.1, 0.15) is 29.4 Å². The van der Waals surface area contributed by atoms with Crippen LogP contribution in [0.3, 0.4) is 0 Å². The zero-order valence-corrected chi connectivity index (χ0v) is 17.5. The van der Waals surface area contributed by atoms with E-state index in [0.717, 1.165) is 17.5 Å². The van der Waals surface area contributed by atoms with Crippen molar-refractivity contribution in [3.05, 3.63) is 76.3 Å². The molecule has 0 fully saturated rings. The van der Waals surface area contributed by atoms with E-state index >= 15 is 0 Å². The molecule has 2 aliphatic carbocycles. The second kappa shape index (κ2) is 6.40. The molecule has 3 aromatic rings. The van der Waals surface area contributed by atoms with E-state index in [2.05, 4.69) is 32.8 Å². The number of nitrogens with one attached hydrogen (secondary N) is 1. The summed E-state index contributed by atoms with van der Waals surface area (Å²) in [5.74, 6) is 0.262. The number of sulfonamides is 1.